The zero-order valence-corrected chi connectivity index (χ0v) is 19.0. The molecule has 1 aliphatic heterocycles. The average Bonchev–Trinajstić information content (AvgIpc) is 2.84. The third-order valence-electron chi connectivity index (χ3n) is 5.97. The van der Waals surface area contributed by atoms with Crippen LogP contribution in [-0.2, 0) is 14.8 Å². The van der Waals surface area contributed by atoms with Crippen LogP contribution in [0.15, 0.2) is 89.8 Å². The van der Waals surface area contributed by atoms with Gasteiger partial charge < -0.3 is 5.32 Å². The zero-order valence-electron chi connectivity index (χ0n) is 18.1. The standard InChI is InChI=1S/C26H28N2O3S/c1-20-14-16-24(17-15-20)32(30,31)28-18-8-13-23(19-28)26(29)27-25(21-9-4-2-5-10-21)22-11-6-3-7-12-22/h2-7,9-12,14-17,23,25H,8,13,18-19H2,1H3,(H,27,29). The van der Waals surface area contributed by atoms with Crippen LogP contribution in [0.3, 0.4) is 0 Å². The van der Waals surface area contributed by atoms with E-state index in [0.29, 0.717) is 19.4 Å². The summed E-state index contributed by atoms with van der Waals surface area (Å²) in [5, 5.41) is 3.18. The Hall–Kier alpha value is -2.96. The molecular formula is C26H28N2O3S. The summed E-state index contributed by atoms with van der Waals surface area (Å²) in [5.41, 5.74) is 2.99. The first-order valence-electron chi connectivity index (χ1n) is 10.9. The highest BCUT2D eigenvalue weighted by Crippen LogP contribution is 2.27. The number of carbonyl (C=O) groups is 1. The van der Waals surface area contributed by atoms with E-state index in [9.17, 15) is 13.2 Å². The molecule has 0 bridgehead atoms. The highest BCUT2D eigenvalue weighted by molar-refractivity contribution is 7.89. The van der Waals surface area contributed by atoms with Crippen LogP contribution in [0.4, 0.5) is 0 Å². The van der Waals surface area contributed by atoms with Crippen LogP contribution in [0.2, 0.25) is 0 Å². The Labute approximate surface area is 190 Å². The van der Waals surface area contributed by atoms with Crippen molar-refractivity contribution < 1.29 is 13.2 Å². The summed E-state index contributed by atoms with van der Waals surface area (Å²) in [6.07, 6.45) is 1.33. The molecule has 0 aliphatic carbocycles. The Morgan fingerprint density at radius 3 is 2.03 bits per heavy atom. The fraction of sp³-hybridized carbons (Fsp3) is 0.269. The van der Waals surface area contributed by atoms with Gasteiger partial charge in [-0.1, -0.05) is 78.4 Å². The molecule has 0 saturated carbocycles. The molecule has 1 aliphatic rings. The predicted molar refractivity (Wildman–Crippen MR) is 126 cm³/mol. The molecule has 0 radical (unpaired) electrons. The van der Waals surface area contributed by atoms with Crippen LogP contribution in [-0.4, -0.2) is 31.7 Å². The highest BCUT2D eigenvalue weighted by atomic mass is 32.2. The zero-order chi connectivity index (χ0) is 22.6. The van der Waals surface area contributed by atoms with Crippen LogP contribution < -0.4 is 5.32 Å². The van der Waals surface area contributed by atoms with E-state index in [1.165, 1.54) is 4.31 Å². The second-order valence-electron chi connectivity index (χ2n) is 8.28. The second kappa shape index (κ2) is 9.67. The maximum Gasteiger partial charge on any atom is 0.243 e. The number of sulfonamides is 1. The number of rotatable bonds is 6. The Morgan fingerprint density at radius 1 is 0.906 bits per heavy atom. The molecule has 6 heteroatoms. The summed E-state index contributed by atoms with van der Waals surface area (Å²) in [4.78, 5) is 13.5. The van der Waals surface area contributed by atoms with Crippen molar-refractivity contribution in [3.05, 3.63) is 102 Å². The van der Waals surface area contributed by atoms with Crippen LogP contribution in [0.5, 0.6) is 0 Å². The molecule has 166 valence electrons. The summed E-state index contributed by atoms with van der Waals surface area (Å²) < 4.78 is 27.7. The molecule has 0 spiro atoms. The van der Waals surface area contributed by atoms with E-state index in [0.717, 1.165) is 16.7 Å². The van der Waals surface area contributed by atoms with Crippen molar-refractivity contribution in [2.24, 2.45) is 5.92 Å². The van der Waals surface area contributed by atoms with E-state index >= 15 is 0 Å². The van der Waals surface area contributed by atoms with Gasteiger partial charge in [0.15, 0.2) is 0 Å². The third kappa shape index (κ3) is 4.92. The van der Waals surface area contributed by atoms with Gasteiger partial charge in [0.2, 0.25) is 15.9 Å². The van der Waals surface area contributed by atoms with Crippen molar-refractivity contribution in [2.75, 3.05) is 13.1 Å². The number of nitrogens with zero attached hydrogens (tertiary/aromatic N) is 1. The molecule has 3 aromatic rings. The van der Waals surface area contributed by atoms with Gasteiger partial charge >= 0.3 is 0 Å². The first-order valence-corrected chi connectivity index (χ1v) is 12.4. The SMILES string of the molecule is Cc1ccc(S(=O)(=O)N2CCCC(C(=O)NC(c3ccccc3)c3ccccc3)C2)cc1. The van der Waals surface area contributed by atoms with Gasteiger partial charge in [-0.05, 0) is 43.0 Å². The Bertz CT molecular complexity index is 1110. The summed E-state index contributed by atoms with van der Waals surface area (Å²) in [6, 6.07) is 26.3. The molecule has 5 nitrogen and oxygen atoms in total. The highest BCUT2D eigenvalue weighted by Gasteiger charge is 2.34. The quantitative estimate of drug-likeness (QED) is 0.611. The molecule has 1 saturated heterocycles. The molecule has 1 amide bonds. The molecule has 1 heterocycles. The molecule has 4 rings (SSSR count). The number of hydrogen-bond acceptors (Lipinski definition) is 3. The lowest BCUT2D eigenvalue weighted by Gasteiger charge is -2.32. The summed E-state index contributed by atoms with van der Waals surface area (Å²) >= 11 is 0. The van der Waals surface area contributed by atoms with Gasteiger partial charge in [-0.3, -0.25) is 4.79 Å². The minimum absolute atomic E-state index is 0.119. The van der Waals surface area contributed by atoms with E-state index < -0.39 is 10.0 Å². The molecule has 0 aromatic heterocycles. The van der Waals surface area contributed by atoms with Crippen LogP contribution in [0.1, 0.15) is 35.6 Å². The topological polar surface area (TPSA) is 66.5 Å². The fourth-order valence-corrected chi connectivity index (χ4v) is 5.67. The van der Waals surface area contributed by atoms with Crippen molar-refractivity contribution in [3.63, 3.8) is 0 Å². The number of piperidine rings is 1. The molecule has 1 fully saturated rings. The van der Waals surface area contributed by atoms with Crippen molar-refractivity contribution >= 4 is 15.9 Å². The number of amides is 1. The fourth-order valence-electron chi connectivity index (χ4n) is 4.14. The van der Waals surface area contributed by atoms with Gasteiger partial charge in [-0.15, -0.1) is 0 Å². The lowest BCUT2D eigenvalue weighted by molar-refractivity contribution is -0.126. The summed E-state index contributed by atoms with van der Waals surface area (Å²) in [7, 11) is -3.62. The predicted octanol–water partition coefficient (Wildman–Crippen LogP) is 4.30. The second-order valence-corrected chi connectivity index (χ2v) is 10.2. The van der Waals surface area contributed by atoms with Crippen LogP contribution in [0, 0.1) is 12.8 Å². The number of carbonyl (C=O) groups excluding carboxylic acids is 1. The van der Waals surface area contributed by atoms with E-state index in [1.807, 2.05) is 67.6 Å². The van der Waals surface area contributed by atoms with Gasteiger partial charge in [-0.25, -0.2) is 8.42 Å². The molecule has 1 unspecified atom stereocenters. The van der Waals surface area contributed by atoms with Gasteiger partial charge in [0.05, 0.1) is 16.9 Å². The van der Waals surface area contributed by atoms with Crippen molar-refractivity contribution in [2.45, 2.75) is 30.7 Å². The first-order chi connectivity index (χ1) is 15.4. The van der Waals surface area contributed by atoms with Crippen molar-refractivity contribution in [1.82, 2.24) is 9.62 Å². The van der Waals surface area contributed by atoms with E-state index in [2.05, 4.69) is 5.32 Å². The van der Waals surface area contributed by atoms with Gasteiger partial charge in [0.25, 0.3) is 0 Å². The lowest BCUT2D eigenvalue weighted by Crippen LogP contribution is -2.46. The normalized spacial score (nSPS) is 17.2. The number of benzene rings is 3. The van der Waals surface area contributed by atoms with Crippen molar-refractivity contribution in [3.8, 4) is 0 Å². The van der Waals surface area contributed by atoms with Crippen molar-refractivity contribution in [1.29, 1.82) is 0 Å². The number of aryl methyl sites for hydroxylation is 1. The van der Waals surface area contributed by atoms with Crippen LogP contribution in [0.25, 0.3) is 0 Å². The monoisotopic (exact) mass is 448 g/mol. The molecule has 32 heavy (non-hydrogen) atoms. The minimum atomic E-state index is -3.62. The van der Waals surface area contributed by atoms with Gasteiger partial charge in [0.1, 0.15) is 0 Å². The Kier molecular flexibility index (Phi) is 6.72. The Balaban J connectivity index is 1.52. The third-order valence-corrected chi connectivity index (χ3v) is 7.85. The molecular weight excluding hydrogens is 420 g/mol. The molecule has 1 atom stereocenters. The summed E-state index contributed by atoms with van der Waals surface area (Å²) in [5.74, 6) is -0.509. The molecule has 3 aromatic carbocycles. The van der Waals surface area contributed by atoms with Gasteiger partial charge in [-0.2, -0.15) is 4.31 Å². The van der Waals surface area contributed by atoms with E-state index in [-0.39, 0.29) is 29.3 Å². The summed E-state index contributed by atoms with van der Waals surface area (Å²) in [6.45, 7) is 2.55. The lowest BCUT2D eigenvalue weighted by atomic mass is 9.95. The average molecular weight is 449 g/mol. The first kappa shape index (κ1) is 22.2. The van der Waals surface area contributed by atoms with Crippen LogP contribution >= 0.6 is 0 Å². The number of hydrogen-bond donors (Lipinski definition) is 1. The van der Waals surface area contributed by atoms with E-state index in [1.54, 1.807) is 24.3 Å². The smallest absolute Gasteiger partial charge is 0.243 e. The Morgan fingerprint density at radius 2 is 1.47 bits per heavy atom. The minimum Gasteiger partial charge on any atom is -0.345 e. The maximum absolute atomic E-state index is 13.3. The number of nitrogens with one attached hydrogen (secondary N) is 1. The maximum atomic E-state index is 13.3. The molecule has 1 N–H and O–H groups in total. The van der Waals surface area contributed by atoms with Gasteiger partial charge in [0, 0.05) is 13.1 Å². The van der Waals surface area contributed by atoms with E-state index in [4.69, 9.17) is 0 Å². The largest absolute Gasteiger partial charge is 0.345 e.